The quantitative estimate of drug-likeness (QED) is 0.510. The van der Waals surface area contributed by atoms with Gasteiger partial charge in [-0.15, -0.1) is 12.4 Å². The molecule has 1 N–H and O–H groups in total. The highest BCUT2D eigenvalue weighted by Crippen LogP contribution is 2.22. The molecule has 0 amide bonds. The molecule has 1 aromatic heterocycles. The van der Waals surface area contributed by atoms with Crippen LogP contribution in [0.1, 0.15) is 11.1 Å². The third-order valence-corrected chi connectivity index (χ3v) is 4.05. The van der Waals surface area contributed by atoms with Gasteiger partial charge in [0, 0.05) is 13.1 Å². The van der Waals surface area contributed by atoms with E-state index in [1.54, 1.807) is 4.68 Å². The van der Waals surface area contributed by atoms with Gasteiger partial charge in [-0.1, -0.05) is 65.8 Å². The van der Waals surface area contributed by atoms with E-state index in [1.165, 1.54) is 5.56 Å². The molecule has 28 heavy (non-hydrogen) atoms. The van der Waals surface area contributed by atoms with Crippen LogP contribution < -0.4 is 10.1 Å². The molecule has 0 atom stereocenters. The predicted octanol–water partition coefficient (Wildman–Crippen LogP) is 4.17. The van der Waals surface area contributed by atoms with Crippen molar-refractivity contribution in [3.63, 3.8) is 0 Å². The van der Waals surface area contributed by atoms with Crippen molar-refractivity contribution in [1.82, 2.24) is 25.5 Å². The van der Waals surface area contributed by atoms with Gasteiger partial charge in [0.05, 0.1) is 5.69 Å². The van der Waals surface area contributed by atoms with Crippen LogP contribution in [0.4, 0.5) is 0 Å². The smallest absolute Gasteiger partial charge is 0.345 e. The van der Waals surface area contributed by atoms with E-state index in [2.05, 4.69) is 39.0 Å². The number of hydrogen-bond acceptors (Lipinski definition) is 5. The molecule has 0 fully saturated rings. The van der Waals surface area contributed by atoms with E-state index < -0.39 is 0 Å². The normalized spacial score (nSPS) is 10.3. The Hall–Kier alpha value is -3.22. The van der Waals surface area contributed by atoms with E-state index in [4.69, 9.17) is 4.74 Å². The molecule has 0 bridgehead atoms. The van der Waals surface area contributed by atoms with E-state index in [1.807, 2.05) is 66.7 Å². The van der Waals surface area contributed by atoms with Gasteiger partial charge >= 0.3 is 6.01 Å². The van der Waals surface area contributed by atoms with E-state index >= 15 is 0 Å². The minimum Gasteiger partial charge on any atom is -0.423 e. The lowest BCUT2D eigenvalue weighted by Crippen LogP contribution is -2.12. The summed E-state index contributed by atoms with van der Waals surface area (Å²) in [7, 11) is 0. The lowest BCUT2D eigenvalue weighted by molar-refractivity contribution is 0.426. The number of para-hydroxylation sites is 1. The van der Waals surface area contributed by atoms with Crippen molar-refractivity contribution in [2.45, 2.75) is 13.1 Å². The van der Waals surface area contributed by atoms with Gasteiger partial charge in [0.2, 0.25) is 0 Å². The van der Waals surface area contributed by atoms with Crippen LogP contribution in [-0.4, -0.2) is 20.2 Å². The molecule has 0 saturated carbocycles. The first-order valence-corrected chi connectivity index (χ1v) is 8.74. The molecule has 0 unspecified atom stereocenters. The Balaban J connectivity index is 0.00000225. The molecular weight excluding hydrogens is 374 g/mol. The fraction of sp³-hybridized carbons (Fsp3) is 0.0952. The average Bonchev–Trinajstić information content (AvgIpc) is 3.18. The highest BCUT2D eigenvalue weighted by atomic mass is 35.5. The van der Waals surface area contributed by atoms with Crippen LogP contribution in [0.5, 0.6) is 11.8 Å². The number of halogens is 1. The molecule has 0 aliphatic heterocycles. The maximum atomic E-state index is 5.91. The Kier molecular flexibility index (Phi) is 6.73. The summed E-state index contributed by atoms with van der Waals surface area (Å²) in [5.74, 6) is 0.695. The molecule has 4 rings (SSSR count). The van der Waals surface area contributed by atoms with Gasteiger partial charge in [0.25, 0.3) is 0 Å². The molecule has 7 heteroatoms. The van der Waals surface area contributed by atoms with Gasteiger partial charge in [-0.3, -0.25) is 0 Å². The van der Waals surface area contributed by atoms with Crippen LogP contribution >= 0.6 is 12.4 Å². The van der Waals surface area contributed by atoms with Crippen LogP contribution in [0.2, 0.25) is 0 Å². The molecule has 0 saturated heterocycles. The predicted molar refractivity (Wildman–Crippen MR) is 110 cm³/mol. The van der Waals surface area contributed by atoms with Crippen LogP contribution in [-0.2, 0) is 13.1 Å². The Bertz CT molecular complexity index is 992. The Morgan fingerprint density at radius 1 is 0.786 bits per heavy atom. The van der Waals surface area contributed by atoms with Crippen LogP contribution in [0.15, 0.2) is 84.9 Å². The van der Waals surface area contributed by atoms with Gasteiger partial charge in [-0.05, 0) is 45.8 Å². The SMILES string of the molecule is Cl.c1ccc(CNCc2cccc(Oc3nnnn3-c3ccccc3)c2)cc1. The second kappa shape index (κ2) is 9.64. The van der Waals surface area contributed by atoms with Crippen molar-refractivity contribution < 1.29 is 4.74 Å². The Morgan fingerprint density at radius 3 is 2.25 bits per heavy atom. The zero-order valence-corrected chi connectivity index (χ0v) is 15.9. The molecule has 142 valence electrons. The van der Waals surface area contributed by atoms with Crippen LogP contribution in [0, 0.1) is 0 Å². The number of rotatable bonds is 7. The number of hydrogen-bond donors (Lipinski definition) is 1. The topological polar surface area (TPSA) is 64.9 Å². The van der Waals surface area contributed by atoms with Gasteiger partial charge in [-0.2, -0.15) is 4.68 Å². The van der Waals surface area contributed by atoms with Crippen molar-refractivity contribution in [3.8, 4) is 17.4 Å². The van der Waals surface area contributed by atoms with Gasteiger partial charge in [0.1, 0.15) is 5.75 Å². The van der Waals surface area contributed by atoms with E-state index in [0.717, 1.165) is 24.3 Å². The summed E-state index contributed by atoms with van der Waals surface area (Å²) in [6.07, 6.45) is 0. The van der Waals surface area contributed by atoms with Crippen molar-refractivity contribution in [3.05, 3.63) is 96.1 Å². The second-order valence-corrected chi connectivity index (χ2v) is 6.05. The molecule has 3 aromatic carbocycles. The monoisotopic (exact) mass is 393 g/mol. The summed E-state index contributed by atoms with van der Waals surface area (Å²) in [6.45, 7) is 1.56. The zero-order chi connectivity index (χ0) is 18.3. The molecule has 1 heterocycles. The standard InChI is InChI=1S/C21H19N5O.ClH/c1-3-8-17(9-4-1)15-22-16-18-10-7-13-20(14-18)27-21-23-24-25-26(21)19-11-5-2-6-12-19;/h1-14,22H,15-16H2;1H. The Labute approximate surface area is 169 Å². The fourth-order valence-electron chi connectivity index (χ4n) is 2.75. The van der Waals surface area contributed by atoms with Crippen molar-refractivity contribution >= 4 is 12.4 Å². The first-order valence-electron chi connectivity index (χ1n) is 8.74. The number of ether oxygens (including phenoxy) is 1. The summed E-state index contributed by atoms with van der Waals surface area (Å²) >= 11 is 0. The molecule has 6 nitrogen and oxygen atoms in total. The highest BCUT2D eigenvalue weighted by Gasteiger charge is 2.10. The van der Waals surface area contributed by atoms with Crippen LogP contribution in [0.25, 0.3) is 5.69 Å². The minimum absolute atomic E-state index is 0. The number of aromatic nitrogens is 4. The van der Waals surface area contributed by atoms with Crippen LogP contribution in [0.3, 0.4) is 0 Å². The second-order valence-electron chi connectivity index (χ2n) is 6.05. The first-order chi connectivity index (χ1) is 13.4. The lowest BCUT2D eigenvalue weighted by atomic mass is 10.2. The molecular formula is C21H20ClN5O. The number of nitrogens with zero attached hydrogens (tertiary/aromatic N) is 4. The van der Waals surface area contributed by atoms with Crippen molar-refractivity contribution in [2.24, 2.45) is 0 Å². The Morgan fingerprint density at radius 2 is 1.46 bits per heavy atom. The molecule has 0 spiro atoms. The largest absolute Gasteiger partial charge is 0.423 e. The van der Waals surface area contributed by atoms with Crippen molar-refractivity contribution in [1.29, 1.82) is 0 Å². The molecule has 0 aliphatic carbocycles. The number of tetrazole rings is 1. The van der Waals surface area contributed by atoms with Gasteiger partial charge < -0.3 is 10.1 Å². The van der Waals surface area contributed by atoms with Gasteiger partial charge in [0.15, 0.2) is 0 Å². The van der Waals surface area contributed by atoms with E-state index in [9.17, 15) is 0 Å². The average molecular weight is 394 g/mol. The van der Waals surface area contributed by atoms with E-state index in [0.29, 0.717) is 11.8 Å². The summed E-state index contributed by atoms with van der Waals surface area (Å²) in [6, 6.07) is 28.2. The number of nitrogens with one attached hydrogen (secondary N) is 1. The summed E-state index contributed by atoms with van der Waals surface area (Å²) in [5.41, 5.74) is 3.23. The first kappa shape index (κ1) is 19.5. The third kappa shape index (κ3) is 4.94. The minimum atomic E-state index is 0. The summed E-state index contributed by atoms with van der Waals surface area (Å²) in [4.78, 5) is 0. The fourth-order valence-corrected chi connectivity index (χ4v) is 2.75. The maximum absolute atomic E-state index is 5.91. The maximum Gasteiger partial charge on any atom is 0.345 e. The zero-order valence-electron chi connectivity index (χ0n) is 15.1. The van der Waals surface area contributed by atoms with Crippen molar-refractivity contribution in [2.75, 3.05) is 0 Å². The molecule has 0 aliphatic rings. The summed E-state index contributed by atoms with van der Waals surface area (Å²) in [5, 5.41) is 15.2. The molecule has 4 aromatic rings. The summed E-state index contributed by atoms with van der Waals surface area (Å²) < 4.78 is 7.48. The third-order valence-electron chi connectivity index (χ3n) is 4.05. The lowest BCUT2D eigenvalue weighted by Gasteiger charge is -2.09. The van der Waals surface area contributed by atoms with Gasteiger partial charge in [-0.25, -0.2) is 0 Å². The highest BCUT2D eigenvalue weighted by molar-refractivity contribution is 5.85. The molecule has 0 radical (unpaired) electrons. The number of benzene rings is 3. The van der Waals surface area contributed by atoms with E-state index in [-0.39, 0.29) is 12.4 Å².